The summed E-state index contributed by atoms with van der Waals surface area (Å²) in [7, 11) is 0. The van der Waals surface area contributed by atoms with Gasteiger partial charge in [0.2, 0.25) is 12.5 Å². The molecule has 0 amide bonds. The lowest BCUT2D eigenvalue weighted by Crippen LogP contribution is -2.43. The second-order valence-electron chi connectivity index (χ2n) is 5.52. The molecule has 2 aliphatic rings. The van der Waals surface area contributed by atoms with Crippen LogP contribution in [0.15, 0.2) is 12.1 Å². The second-order valence-corrected chi connectivity index (χ2v) is 5.52. The molecule has 110 valence electrons. The fourth-order valence-electron chi connectivity index (χ4n) is 3.19. The van der Waals surface area contributed by atoms with Crippen LogP contribution >= 0.6 is 0 Å². The van der Waals surface area contributed by atoms with Crippen LogP contribution in [0, 0.1) is 0 Å². The maximum absolute atomic E-state index is 6.39. The summed E-state index contributed by atoms with van der Waals surface area (Å²) in [6.45, 7) is 7.76. The summed E-state index contributed by atoms with van der Waals surface area (Å²) in [6, 6.07) is 4.41. The minimum absolute atomic E-state index is 0.110. The molecule has 4 nitrogen and oxygen atoms in total. The molecule has 1 N–H and O–H groups in total. The van der Waals surface area contributed by atoms with E-state index in [4.69, 9.17) is 14.2 Å². The van der Waals surface area contributed by atoms with Crippen molar-refractivity contribution in [2.45, 2.75) is 51.7 Å². The predicted octanol–water partition coefficient (Wildman–Crippen LogP) is 3.41. The van der Waals surface area contributed by atoms with Crippen molar-refractivity contribution in [1.82, 2.24) is 5.32 Å². The van der Waals surface area contributed by atoms with E-state index in [0.717, 1.165) is 43.1 Å². The smallest absolute Gasteiger partial charge is 0.231 e. The van der Waals surface area contributed by atoms with E-state index in [1.54, 1.807) is 0 Å². The van der Waals surface area contributed by atoms with Gasteiger partial charge in [-0.05, 0) is 31.5 Å². The van der Waals surface area contributed by atoms with Crippen molar-refractivity contribution in [1.29, 1.82) is 0 Å². The fraction of sp³-hybridized carbons (Fsp3) is 0.625. The molecule has 0 aliphatic carbocycles. The molecule has 4 heteroatoms. The van der Waals surface area contributed by atoms with Gasteiger partial charge in [-0.15, -0.1) is 0 Å². The number of ether oxygens (including phenoxy) is 3. The van der Waals surface area contributed by atoms with Crippen LogP contribution in [0.25, 0.3) is 0 Å². The molecule has 1 aromatic rings. The first-order valence-electron chi connectivity index (χ1n) is 7.58. The third kappa shape index (κ3) is 2.03. The minimum atomic E-state index is -0.110. The van der Waals surface area contributed by atoms with Crippen LogP contribution in [0.2, 0.25) is 0 Å². The van der Waals surface area contributed by atoms with Gasteiger partial charge in [-0.3, -0.25) is 0 Å². The van der Waals surface area contributed by atoms with Crippen LogP contribution in [-0.4, -0.2) is 18.9 Å². The molecule has 0 saturated carbocycles. The molecule has 20 heavy (non-hydrogen) atoms. The lowest BCUT2D eigenvalue weighted by Gasteiger charge is -2.42. The summed E-state index contributed by atoms with van der Waals surface area (Å²) in [5.74, 6) is 2.44. The van der Waals surface area contributed by atoms with E-state index < -0.39 is 0 Å². The molecule has 1 atom stereocenters. The quantitative estimate of drug-likeness (QED) is 0.915. The van der Waals surface area contributed by atoms with Crippen LogP contribution in [-0.2, 0) is 0 Å². The molecule has 3 rings (SSSR count). The van der Waals surface area contributed by atoms with Crippen molar-refractivity contribution in [3.63, 3.8) is 0 Å². The summed E-state index contributed by atoms with van der Waals surface area (Å²) >= 11 is 0. The van der Waals surface area contributed by atoms with Crippen molar-refractivity contribution >= 4 is 0 Å². The highest BCUT2D eigenvalue weighted by Gasteiger charge is 2.41. The Balaban J connectivity index is 2.07. The predicted molar refractivity (Wildman–Crippen MR) is 77.5 cm³/mol. The Labute approximate surface area is 120 Å². The normalized spacial score (nSPS) is 22.2. The van der Waals surface area contributed by atoms with Gasteiger partial charge in [0, 0.05) is 18.0 Å². The summed E-state index contributed by atoms with van der Waals surface area (Å²) in [6.07, 6.45) is 2.99. The molecule has 2 heterocycles. The number of benzene rings is 1. The lowest BCUT2D eigenvalue weighted by molar-refractivity contribution is 0.0198. The highest BCUT2D eigenvalue weighted by Crippen LogP contribution is 2.51. The number of hydrogen-bond acceptors (Lipinski definition) is 4. The van der Waals surface area contributed by atoms with Gasteiger partial charge in [-0.2, -0.15) is 0 Å². The molecular weight excluding hydrogens is 254 g/mol. The Morgan fingerprint density at radius 2 is 1.95 bits per heavy atom. The van der Waals surface area contributed by atoms with Gasteiger partial charge in [0.15, 0.2) is 11.5 Å². The van der Waals surface area contributed by atoms with Gasteiger partial charge in [-0.25, -0.2) is 0 Å². The van der Waals surface area contributed by atoms with E-state index in [1.165, 1.54) is 5.56 Å². The zero-order chi connectivity index (χ0) is 14.2. The van der Waals surface area contributed by atoms with E-state index in [1.807, 2.05) is 6.07 Å². The van der Waals surface area contributed by atoms with Gasteiger partial charge in [0.25, 0.3) is 0 Å². The van der Waals surface area contributed by atoms with Crippen LogP contribution in [0.3, 0.4) is 0 Å². The van der Waals surface area contributed by atoms with Crippen LogP contribution in [0.1, 0.15) is 51.6 Å². The number of nitrogens with one attached hydrogen (secondary N) is 1. The molecule has 0 fully saturated rings. The second kappa shape index (κ2) is 5.17. The molecule has 0 bridgehead atoms. The van der Waals surface area contributed by atoms with Crippen molar-refractivity contribution in [2.75, 3.05) is 13.3 Å². The van der Waals surface area contributed by atoms with Gasteiger partial charge >= 0.3 is 0 Å². The third-order valence-corrected chi connectivity index (χ3v) is 4.53. The molecule has 2 aliphatic heterocycles. The molecule has 1 aromatic carbocycles. The number of rotatable bonds is 4. The van der Waals surface area contributed by atoms with Gasteiger partial charge in [0.1, 0.15) is 5.60 Å². The van der Waals surface area contributed by atoms with Crippen LogP contribution in [0.4, 0.5) is 0 Å². The topological polar surface area (TPSA) is 39.7 Å². The average molecular weight is 277 g/mol. The Kier molecular flexibility index (Phi) is 3.50. The molecule has 1 unspecified atom stereocenters. The highest BCUT2D eigenvalue weighted by molar-refractivity contribution is 5.59. The molecule has 0 saturated heterocycles. The Morgan fingerprint density at radius 1 is 1.15 bits per heavy atom. The zero-order valence-electron chi connectivity index (χ0n) is 12.5. The molecular formula is C16H23NO3. The van der Waals surface area contributed by atoms with E-state index in [-0.39, 0.29) is 12.4 Å². The summed E-state index contributed by atoms with van der Waals surface area (Å²) < 4.78 is 17.5. The number of fused-ring (bicyclic) bond motifs is 3. The minimum Gasteiger partial charge on any atom is -0.483 e. The van der Waals surface area contributed by atoms with E-state index in [9.17, 15) is 0 Å². The fourth-order valence-corrected chi connectivity index (χ4v) is 3.19. The Bertz CT molecular complexity index is 497. The summed E-state index contributed by atoms with van der Waals surface area (Å²) in [5, 5.41) is 3.58. The van der Waals surface area contributed by atoms with Crippen molar-refractivity contribution in [3.05, 3.63) is 17.7 Å². The van der Waals surface area contributed by atoms with Gasteiger partial charge in [0.05, 0.1) is 0 Å². The maximum Gasteiger partial charge on any atom is 0.231 e. The summed E-state index contributed by atoms with van der Waals surface area (Å²) in [5.41, 5.74) is 1.08. The van der Waals surface area contributed by atoms with Crippen molar-refractivity contribution < 1.29 is 14.2 Å². The average Bonchev–Trinajstić information content (AvgIpc) is 2.96. The lowest BCUT2D eigenvalue weighted by atomic mass is 9.83. The van der Waals surface area contributed by atoms with E-state index >= 15 is 0 Å². The zero-order valence-corrected chi connectivity index (χ0v) is 12.5. The SMILES string of the molecule is CCNC1CC(CC)(CC)Oc2c1ccc1c2OCO1. The first-order valence-corrected chi connectivity index (χ1v) is 7.58. The van der Waals surface area contributed by atoms with E-state index in [2.05, 4.69) is 32.2 Å². The Morgan fingerprint density at radius 3 is 2.65 bits per heavy atom. The van der Waals surface area contributed by atoms with Crippen LogP contribution < -0.4 is 19.5 Å². The van der Waals surface area contributed by atoms with Crippen molar-refractivity contribution in [3.8, 4) is 17.2 Å². The number of hydrogen-bond donors (Lipinski definition) is 1. The summed E-state index contributed by atoms with van der Waals surface area (Å²) in [4.78, 5) is 0. The molecule has 0 radical (unpaired) electrons. The first kappa shape index (κ1) is 13.6. The van der Waals surface area contributed by atoms with Crippen LogP contribution in [0.5, 0.6) is 17.2 Å². The largest absolute Gasteiger partial charge is 0.483 e. The Hall–Kier alpha value is -1.42. The van der Waals surface area contributed by atoms with Crippen molar-refractivity contribution in [2.24, 2.45) is 0 Å². The van der Waals surface area contributed by atoms with Gasteiger partial charge < -0.3 is 19.5 Å². The first-order chi connectivity index (χ1) is 9.73. The third-order valence-electron chi connectivity index (χ3n) is 4.53. The standard InChI is InChI=1S/C16H23NO3/c1-4-16(5-2)9-12(17-6-3)11-7-8-13-15(14(11)20-16)19-10-18-13/h7-8,12,17H,4-6,9-10H2,1-3H3. The molecule has 0 aromatic heterocycles. The highest BCUT2D eigenvalue weighted by atomic mass is 16.7. The van der Waals surface area contributed by atoms with E-state index in [0.29, 0.717) is 6.04 Å². The monoisotopic (exact) mass is 277 g/mol. The van der Waals surface area contributed by atoms with Gasteiger partial charge in [-0.1, -0.05) is 20.8 Å². The molecule has 0 spiro atoms. The maximum atomic E-state index is 6.39.